The average molecular weight is 382 g/mol. The van der Waals surface area contributed by atoms with Crippen LogP contribution in [-0.2, 0) is 6.42 Å². The Labute approximate surface area is 139 Å². The average Bonchev–Trinajstić information content (AvgIpc) is 2.46. The molecule has 118 valence electrons. The van der Waals surface area contributed by atoms with E-state index in [1.165, 1.54) is 12.1 Å². The lowest BCUT2D eigenvalue weighted by molar-refractivity contribution is -0.274. The maximum atomic E-state index is 12.3. The maximum Gasteiger partial charge on any atom is 0.573 e. The second-order valence-electron chi connectivity index (χ2n) is 5.03. The number of alkyl halides is 3. The fourth-order valence-corrected chi connectivity index (χ4v) is 2.84. The van der Waals surface area contributed by atoms with Crippen molar-refractivity contribution < 1.29 is 17.9 Å². The Hall–Kier alpha value is -2.08. The van der Waals surface area contributed by atoms with Crippen LogP contribution in [0.15, 0.2) is 59.2 Å². The summed E-state index contributed by atoms with van der Waals surface area (Å²) in [6, 6.07) is 13.7. The van der Waals surface area contributed by atoms with Gasteiger partial charge >= 0.3 is 6.36 Å². The predicted octanol–water partition coefficient (Wildman–Crippen LogP) is 5.49. The van der Waals surface area contributed by atoms with E-state index in [0.29, 0.717) is 6.42 Å². The second kappa shape index (κ2) is 6.20. The molecule has 23 heavy (non-hydrogen) atoms. The van der Waals surface area contributed by atoms with Gasteiger partial charge < -0.3 is 4.74 Å². The van der Waals surface area contributed by atoms with E-state index in [-0.39, 0.29) is 5.75 Å². The second-order valence-corrected chi connectivity index (χ2v) is 5.88. The number of hydrogen-bond acceptors (Lipinski definition) is 2. The molecule has 0 atom stereocenters. The SMILES string of the molecule is FC(F)(F)Oc1cccc(Cc2cnc3c(Br)cccc3c2)c1. The molecule has 0 radical (unpaired) electrons. The molecule has 0 amide bonds. The molecule has 0 saturated heterocycles. The summed E-state index contributed by atoms with van der Waals surface area (Å²) < 4.78 is 41.7. The van der Waals surface area contributed by atoms with Crippen LogP contribution in [0.1, 0.15) is 11.1 Å². The first-order valence-electron chi connectivity index (χ1n) is 6.78. The predicted molar refractivity (Wildman–Crippen MR) is 85.4 cm³/mol. The highest BCUT2D eigenvalue weighted by Crippen LogP contribution is 2.26. The van der Waals surface area contributed by atoms with Crippen molar-refractivity contribution >= 4 is 26.8 Å². The minimum atomic E-state index is -4.69. The minimum Gasteiger partial charge on any atom is -0.406 e. The first kappa shape index (κ1) is 15.8. The van der Waals surface area contributed by atoms with Crippen LogP contribution < -0.4 is 4.74 Å². The number of benzene rings is 2. The van der Waals surface area contributed by atoms with Crippen molar-refractivity contribution in [1.29, 1.82) is 0 Å². The Kier molecular flexibility index (Phi) is 4.26. The van der Waals surface area contributed by atoms with Gasteiger partial charge in [-0.25, -0.2) is 0 Å². The topological polar surface area (TPSA) is 22.1 Å². The molecule has 0 spiro atoms. The first-order chi connectivity index (χ1) is 10.9. The highest BCUT2D eigenvalue weighted by atomic mass is 79.9. The van der Waals surface area contributed by atoms with Crippen LogP contribution >= 0.6 is 15.9 Å². The summed E-state index contributed by atoms with van der Waals surface area (Å²) in [7, 11) is 0. The van der Waals surface area contributed by atoms with Gasteiger partial charge in [-0.1, -0.05) is 24.3 Å². The Morgan fingerprint density at radius 1 is 1.00 bits per heavy atom. The van der Waals surface area contributed by atoms with Gasteiger partial charge in [0.2, 0.25) is 0 Å². The Bertz CT molecular complexity index is 849. The van der Waals surface area contributed by atoms with E-state index in [1.807, 2.05) is 24.3 Å². The standard InChI is InChI=1S/C17H11BrF3NO/c18-15-6-2-4-13-8-12(10-22-16(13)15)7-11-3-1-5-14(9-11)23-17(19,20)21/h1-6,8-10H,7H2. The zero-order valence-corrected chi connectivity index (χ0v) is 13.4. The van der Waals surface area contributed by atoms with Crippen molar-refractivity contribution in [2.45, 2.75) is 12.8 Å². The quantitative estimate of drug-likeness (QED) is 0.598. The van der Waals surface area contributed by atoms with E-state index in [2.05, 4.69) is 25.7 Å². The molecule has 2 aromatic carbocycles. The van der Waals surface area contributed by atoms with Crippen molar-refractivity contribution in [3.63, 3.8) is 0 Å². The van der Waals surface area contributed by atoms with Crippen LogP contribution in [0.5, 0.6) is 5.75 Å². The fourth-order valence-electron chi connectivity index (χ4n) is 2.35. The number of hydrogen-bond donors (Lipinski definition) is 0. The first-order valence-corrected chi connectivity index (χ1v) is 7.58. The summed E-state index contributed by atoms with van der Waals surface area (Å²) >= 11 is 3.44. The van der Waals surface area contributed by atoms with Crippen LogP contribution in [0.3, 0.4) is 0 Å². The summed E-state index contributed by atoms with van der Waals surface area (Å²) in [6.45, 7) is 0. The lowest BCUT2D eigenvalue weighted by atomic mass is 10.0. The van der Waals surface area contributed by atoms with Gasteiger partial charge in [0.15, 0.2) is 0 Å². The molecule has 3 rings (SSSR count). The normalized spacial score (nSPS) is 11.7. The van der Waals surface area contributed by atoms with E-state index in [1.54, 1.807) is 18.3 Å². The summed E-state index contributed by atoms with van der Waals surface area (Å²) in [4.78, 5) is 4.40. The molecule has 6 heteroatoms. The monoisotopic (exact) mass is 381 g/mol. The highest BCUT2D eigenvalue weighted by Gasteiger charge is 2.31. The molecule has 0 aliphatic carbocycles. The third-order valence-electron chi connectivity index (χ3n) is 3.26. The number of ether oxygens (including phenoxy) is 1. The molecule has 1 heterocycles. The van der Waals surface area contributed by atoms with E-state index in [0.717, 1.165) is 26.5 Å². The molecule has 0 bridgehead atoms. The molecule has 2 nitrogen and oxygen atoms in total. The number of halogens is 4. The summed E-state index contributed by atoms with van der Waals surface area (Å²) in [5.74, 6) is -0.216. The van der Waals surface area contributed by atoms with Crippen LogP contribution in [0.2, 0.25) is 0 Å². The molecule has 0 N–H and O–H groups in total. The number of nitrogens with zero attached hydrogens (tertiary/aromatic N) is 1. The number of aromatic nitrogens is 1. The van der Waals surface area contributed by atoms with Gasteiger partial charge in [-0.05, 0) is 57.7 Å². The molecular weight excluding hydrogens is 371 g/mol. The van der Waals surface area contributed by atoms with E-state index in [4.69, 9.17) is 0 Å². The van der Waals surface area contributed by atoms with Crippen molar-refractivity contribution in [2.75, 3.05) is 0 Å². The van der Waals surface area contributed by atoms with E-state index in [9.17, 15) is 13.2 Å². The lowest BCUT2D eigenvalue weighted by Crippen LogP contribution is -2.17. The number of fused-ring (bicyclic) bond motifs is 1. The molecule has 3 aromatic rings. The van der Waals surface area contributed by atoms with Crippen molar-refractivity contribution in [3.8, 4) is 5.75 Å². The van der Waals surface area contributed by atoms with Crippen molar-refractivity contribution in [2.24, 2.45) is 0 Å². The molecular formula is C17H11BrF3NO. The van der Waals surface area contributed by atoms with Gasteiger partial charge in [-0.3, -0.25) is 4.98 Å². The Morgan fingerprint density at radius 2 is 1.78 bits per heavy atom. The molecule has 0 aliphatic heterocycles. The van der Waals surface area contributed by atoms with Crippen LogP contribution in [-0.4, -0.2) is 11.3 Å². The zero-order chi connectivity index (χ0) is 16.4. The highest BCUT2D eigenvalue weighted by molar-refractivity contribution is 9.10. The lowest BCUT2D eigenvalue weighted by Gasteiger charge is -2.10. The van der Waals surface area contributed by atoms with E-state index >= 15 is 0 Å². The largest absolute Gasteiger partial charge is 0.573 e. The van der Waals surface area contributed by atoms with Gasteiger partial charge in [0.1, 0.15) is 5.75 Å². The van der Waals surface area contributed by atoms with Crippen molar-refractivity contribution in [1.82, 2.24) is 4.98 Å². The molecule has 0 unspecified atom stereocenters. The summed E-state index contributed by atoms with van der Waals surface area (Å²) in [5, 5.41) is 0.972. The molecule has 0 aliphatic rings. The molecule has 0 saturated carbocycles. The van der Waals surface area contributed by atoms with Gasteiger partial charge in [-0.2, -0.15) is 0 Å². The maximum absolute atomic E-state index is 12.3. The van der Waals surface area contributed by atoms with Gasteiger partial charge in [-0.15, -0.1) is 13.2 Å². The van der Waals surface area contributed by atoms with Crippen LogP contribution in [0, 0.1) is 0 Å². The number of para-hydroxylation sites is 1. The summed E-state index contributed by atoms with van der Waals surface area (Å²) in [6.07, 6.45) is -2.48. The van der Waals surface area contributed by atoms with Gasteiger partial charge in [0.05, 0.1) is 5.52 Å². The third-order valence-corrected chi connectivity index (χ3v) is 3.90. The van der Waals surface area contributed by atoms with Gasteiger partial charge in [0, 0.05) is 16.1 Å². The number of pyridine rings is 1. The zero-order valence-electron chi connectivity index (χ0n) is 11.8. The fraction of sp³-hybridized carbons (Fsp3) is 0.118. The third kappa shape index (κ3) is 4.01. The minimum absolute atomic E-state index is 0.216. The number of rotatable bonds is 3. The van der Waals surface area contributed by atoms with Gasteiger partial charge in [0.25, 0.3) is 0 Å². The Balaban J connectivity index is 1.86. The molecule has 0 fully saturated rings. The summed E-state index contributed by atoms with van der Waals surface area (Å²) in [5.41, 5.74) is 2.49. The Morgan fingerprint density at radius 3 is 2.57 bits per heavy atom. The van der Waals surface area contributed by atoms with Crippen LogP contribution in [0.25, 0.3) is 10.9 Å². The molecule has 1 aromatic heterocycles. The van der Waals surface area contributed by atoms with Crippen LogP contribution in [0.4, 0.5) is 13.2 Å². The smallest absolute Gasteiger partial charge is 0.406 e. The van der Waals surface area contributed by atoms with Crippen molar-refractivity contribution in [3.05, 3.63) is 70.3 Å². The van der Waals surface area contributed by atoms with E-state index < -0.39 is 6.36 Å².